The number of carbonyl (C=O) groups is 1. The quantitative estimate of drug-likeness (QED) is 0.729. The van der Waals surface area contributed by atoms with Gasteiger partial charge in [-0.25, -0.2) is 9.59 Å². The fourth-order valence-electron chi connectivity index (χ4n) is 1.98. The fraction of sp³-hybridized carbons (Fsp3) is 0.143. The smallest absolute Gasteiger partial charge is 0.419 e. The van der Waals surface area contributed by atoms with Crippen LogP contribution in [0.2, 0.25) is 0 Å². The molecule has 2 heterocycles. The monoisotopic (exact) mass is 305 g/mol. The van der Waals surface area contributed by atoms with E-state index >= 15 is 0 Å². The van der Waals surface area contributed by atoms with Crippen molar-refractivity contribution in [3.63, 3.8) is 0 Å². The number of benzene rings is 1. The van der Waals surface area contributed by atoms with E-state index in [1.165, 1.54) is 17.8 Å². The summed E-state index contributed by atoms with van der Waals surface area (Å²) in [7, 11) is 0. The number of para-hydroxylation sites is 2. The van der Waals surface area contributed by atoms with Crippen LogP contribution in [0.3, 0.4) is 0 Å². The maximum Gasteiger partial charge on any atom is 0.419 e. The maximum atomic E-state index is 11.8. The normalized spacial score (nSPS) is 11.0. The summed E-state index contributed by atoms with van der Waals surface area (Å²) in [5.41, 5.74) is 1.30. The van der Waals surface area contributed by atoms with Gasteiger partial charge in [0.05, 0.1) is 5.52 Å². The highest BCUT2D eigenvalue weighted by Gasteiger charge is 2.11. The molecular weight excluding hydrogens is 294 g/mol. The van der Waals surface area contributed by atoms with Gasteiger partial charge in [-0.1, -0.05) is 23.9 Å². The lowest BCUT2D eigenvalue weighted by Crippen LogP contribution is -2.15. The van der Waals surface area contributed by atoms with Crippen LogP contribution in [0.4, 0.5) is 0 Å². The Morgan fingerprint density at radius 3 is 2.76 bits per heavy atom. The summed E-state index contributed by atoms with van der Waals surface area (Å²) in [6.07, 6.45) is 0. The summed E-state index contributed by atoms with van der Waals surface area (Å²) in [5.74, 6) is -1.03. The molecule has 0 saturated carbocycles. The number of carboxylic acid groups (broad SMARTS) is 1. The number of aromatic nitrogens is 1. The number of hydrogen-bond donors (Lipinski definition) is 1. The Bertz CT molecular complexity index is 844. The summed E-state index contributed by atoms with van der Waals surface area (Å²) >= 11 is 1.34. The first-order valence-electron chi connectivity index (χ1n) is 6.19. The van der Waals surface area contributed by atoms with Crippen molar-refractivity contribution < 1.29 is 18.7 Å². The maximum absolute atomic E-state index is 11.8. The van der Waals surface area contributed by atoms with Crippen LogP contribution in [-0.4, -0.2) is 21.4 Å². The van der Waals surface area contributed by atoms with Gasteiger partial charge in [0.1, 0.15) is 0 Å². The number of oxazole rings is 1. The highest BCUT2D eigenvalue weighted by Crippen LogP contribution is 2.21. The number of furan rings is 1. The number of rotatable bonds is 5. The topological polar surface area (TPSA) is 85.6 Å². The van der Waals surface area contributed by atoms with Crippen molar-refractivity contribution >= 4 is 28.8 Å². The Morgan fingerprint density at radius 2 is 2.00 bits per heavy atom. The Kier molecular flexibility index (Phi) is 3.57. The second-order valence-electron chi connectivity index (χ2n) is 4.26. The molecule has 0 fully saturated rings. The summed E-state index contributed by atoms with van der Waals surface area (Å²) < 4.78 is 11.8. The van der Waals surface area contributed by atoms with Crippen LogP contribution in [-0.2, 0) is 6.54 Å². The van der Waals surface area contributed by atoms with Crippen LogP contribution in [0.15, 0.2) is 55.1 Å². The van der Waals surface area contributed by atoms with Crippen molar-refractivity contribution in [3.8, 4) is 0 Å². The van der Waals surface area contributed by atoms with E-state index in [0.717, 1.165) is 5.52 Å². The second kappa shape index (κ2) is 5.53. The minimum absolute atomic E-state index is 0.0940. The zero-order valence-corrected chi connectivity index (χ0v) is 11.6. The van der Waals surface area contributed by atoms with Gasteiger partial charge in [0.25, 0.3) is 0 Å². The van der Waals surface area contributed by atoms with E-state index in [0.29, 0.717) is 23.0 Å². The van der Waals surface area contributed by atoms with Gasteiger partial charge in [-0.2, -0.15) is 0 Å². The third kappa shape index (κ3) is 2.73. The van der Waals surface area contributed by atoms with Crippen molar-refractivity contribution in [1.29, 1.82) is 0 Å². The van der Waals surface area contributed by atoms with Gasteiger partial charge < -0.3 is 13.9 Å². The molecule has 0 amide bonds. The molecule has 0 aliphatic heterocycles. The lowest BCUT2D eigenvalue weighted by atomic mass is 10.3. The lowest BCUT2D eigenvalue weighted by Gasteiger charge is -2.00. The average molecular weight is 305 g/mol. The number of thioether (sulfide) groups is 1. The van der Waals surface area contributed by atoms with E-state index in [4.69, 9.17) is 13.9 Å². The molecule has 7 heteroatoms. The van der Waals surface area contributed by atoms with E-state index in [1.807, 2.05) is 12.1 Å². The van der Waals surface area contributed by atoms with E-state index in [2.05, 4.69) is 0 Å². The van der Waals surface area contributed by atoms with Gasteiger partial charge in [-0.15, -0.1) is 0 Å². The molecule has 1 aromatic carbocycles. The van der Waals surface area contributed by atoms with E-state index in [-0.39, 0.29) is 5.76 Å². The molecule has 3 rings (SSSR count). The van der Waals surface area contributed by atoms with Crippen molar-refractivity contribution in [2.45, 2.75) is 11.6 Å². The predicted molar refractivity (Wildman–Crippen MR) is 76.9 cm³/mol. The van der Waals surface area contributed by atoms with Crippen LogP contribution in [0.5, 0.6) is 0 Å². The van der Waals surface area contributed by atoms with Crippen LogP contribution in [0.25, 0.3) is 11.1 Å². The first-order valence-corrected chi connectivity index (χ1v) is 7.18. The molecule has 0 aliphatic rings. The van der Waals surface area contributed by atoms with Gasteiger partial charge in [-0.3, -0.25) is 4.57 Å². The lowest BCUT2D eigenvalue weighted by molar-refractivity contribution is 0.0656. The number of aromatic carboxylic acids is 1. The number of aryl methyl sites for hydroxylation is 1. The molecule has 0 bridgehead atoms. The van der Waals surface area contributed by atoms with Crippen LogP contribution >= 0.6 is 11.8 Å². The zero-order chi connectivity index (χ0) is 14.8. The van der Waals surface area contributed by atoms with Crippen molar-refractivity contribution in [1.82, 2.24) is 4.57 Å². The number of carboxylic acids is 1. The molecule has 0 spiro atoms. The Morgan fingerprint density at radius 1 is 1.19 bits per heavy atom. The van der Waals surface area contributed by atoms with Gasteiger partial charge in [0.2, 0.25) is 5.76 Å². The minimum Gasteiger partial charge on any atom is -0.475 e. The molecule has 0 atom stereocenters. The van der Waals surface area contributed by atoms with Crippen molar-refractivity contribution in [3.05, 3.63) is 52.7 Å². The number of hydrogen-bond acceptors (Lipinski definition) is 5. The van der Waals surface area contributed by atoms with Crippen LogP contribution < -0.4 is 5.76 Å². The third-order valence-electron chi connectivity index (χ3n) is 2.93. The summed E-state index contributed by atoms with van der Waals surface area (Å²) in [6, 6.07) is 10.2. The number of nitrogens with zero attached hydrogens (tertiary/aromatic N) is 1. The summed E-state index contributed by atoms with van der Waals surface area (Å²) in [4.78, 5) is 22.5. The molecule has 0 radical (unpaired) electrons. The van der Waals surface area contributed by atoms with Crippen LogP contribution in [0.1, 0.15) is 10.6 Å². The average Bonchev–Trinajstić information content (AvgIpc) is 3.04. The highest BCUT2D eigenvalue weighted by atomic mass is 32.2. The fourth-order valence-corrected chi connectivity index (χ4v) is 2.76. The van der Waals surface area contributed by atoms with E-state index in [9.17, 15) is 9.59 Å². The van der Waals surface area contributed by atoms with Gasteiger partial charge in [-0.05, 0) is 24.3 Å². The number of fused-ring (bicyclic) bond motifs is 1. The molecule has 3 aromatic rings. The second-order valence-corrected chi connectivity index (χ2v) is 5.36. The molecule has 1 N–H and O–H groups in total. The molecule has 108 valence electrons. The Hall–Kier alpha value is -2.41. The molecule has 0 aliphatic carbocycles. The molecular formula is C14H11NO5S. The third-order valence-corrected chi connectivity index (χ3v) is 3.82. The van der Waals surface area contributed by atoms with Crippen molar-refractivity contribution in [2.75, 3.05) is 5.75 Å². The van der Waals surface area contributed by atoms with Gasteiger partial charge >= 0.3 is 11.7 Å². The summed E-state index contributed by atoms with van der Waals surface area (Å²) in [6.45, 7) is 0.448. The Labute approximate surface area is 123 Å². The molecule has 2 aromatic heterocycles. The predicted octanol–water partition coefficient (Wildman–Crippen LogP) is 2.68. The van der Waals surface area contributed by atoms with E-state index in [1.54, 1.807) is 22.8 Å². The van der Waals surface area contributed by atoms with Crippen molar-refractivity contribution in [2.24, 2.45) is 0 Å². The molecule has 0 unspecified atom stereocenters. The van der Waals surface area contributed by atoms with Gasteiger partial charge in [0, 0.05) is 12.3 Å². The highest BCUT2D eigenvalue weighted by molar-refractivity contribution is 7.99. The zero-order valence-electron chi connectivity index (χ0n) is 10.8. The SMILES string of the molecule is O=C(O)c1ccc(SCCn2c(=O)oc3ccccc32)o1. The Balaban J connectivity index is 1.70. The first-order chi connectivity index (χ1) is 10.1. The summed E-state index contributed by atoms with van der Waals surface area (Å²) in [5, 5.41) is 9.28. The minimum atomic E-state index is -1.10. The first kappa shape index (κ1) is 13.6. The van der Waals surface area contributed by atoms with Gasteiger partial charge in [0.15, 0.2) is 10.7 Å². The largest absolute Gasteiger partial charge is 0.475 e. The molecule has 21 heavy (non-hydrogen) atoms. The molecule has 0 saturated heterocycles. The van der Waals surface area contributed by atoms with Crippen LogP contribution in [0, 0.1) is 0 Å². The molecule has 6 nitrogen and oxygen atoms in total. The van der Waals surface area contributed by atoms with E-state index < -0.39 is 11.7 Å². The standard InChI is InChI=1S/C14H11NO5S/c16-13(17)11-5-6-12(19-11)21-8-7-15-9-3-1-2-4-10(9)20-14(15)18/h1-6H,7-8H2,(H,16,17).